The molecule has 3 rings (SSSR count). The molecule has 1 aliphatic heterocycles. The fraction of sp³-hybridized carbons (Fsp3) is 0.333. The Morgan fingerprint density at radius 3 is 2.48 bits per heavy atom. The lowest BCUT2D eigenvalue weighted by Gasteiger charge is -2.18. The Kier molecular flexibility index (Phi) is 5.54. The zero-order valence-corrected chi connectivity index (χ0v) is 15.4. The highest BCUT2D eigenvalue weighted by molar-refractivity contribution is 6.09. The van der Waals surface area contributed by atoms with E-state index in [-0.39, 0.29) is 18.4 Å². The van der Waals surface area contributed by atoms with Crippen molar-refractivity contribution in [2.24, 2.45) is 5.92 Å². The normalized spacial score (nSPS) is 16.7. The summed E-state index contributed by atoms with van der Waals surface area (Å²) in [5, 5.41) is 2.70. The van der Waals surface area contributed by atoms with E-state index in [1.165, 1.54) is 12.1 Å². The number of carbonyl (C=O) groups excluding carboxylic acids is 2. The number of nitrogens with one attached hydrogen (secondary N) is 1. The summed E-state index contributed by atoms with van der Waals surface area (Å²) in [7, 11) is 0. The first kappa shape index (κ1) is 19.0. The minimum Gasteiger partial charge on any atom is -0.355 e. The third-order valence-electron chi connectivity index (χ3n) is 4.96. The van der Waals surface area contributed by atoms with Gasteiger partial charge in [-0.3, -0.25) is 9.59 Å². The van der Waals surface area contributed by atoms with Crippen LogP contribution in [-0.4, -0.2) is 24.9 Å². The van der Waals surface area contributed by atoms with Crippen LogP contribution in [0.3, 0.4) is 0 Å². The van der Waals surface area contributed by atoms with Crippen molar-refractivity contribution in [3.8, 4) is 0 Å². The minimum atomic E-state index is -0.726. The average molecular weight is 372 g/mol. The molecule has 1 saturated heterocycles. The summed E-state index contributed by atoms with van der Waals surface area (Å²) in [5.74, 6) is -2.58. The molecule has 1 aliphatic rings. The van der Waals surface area contributed by atoms with Gasteiger partial charge in [0.25, 0.3) is 0 Å². The second-order valence-corrected chi connectivity index (χ2v) is 6.92. The number of halogens is 2. The molecule has 6 heteroatoms. The van der Waals surface area contributed by atoms with Crippen molar-refractivity contribution >= 4 is 17.5 Å². The van der Waals surface area contributed by atoms with Crippen molar-refractivity contribution in [3.05, 3.63) is 64.7 Å². The lowest BCUT2D eigenvalue weighted by atomic mass is 10.1. The van der Waals surface area contributed by atoms with Crippen molar-refractivity contribution in [1.29, 1.82) is 0 Å². The highest BCUT2D eigenvalue weighted by Gasteiger charge is 2.37. The summed E-state index contributed by atoms with van der Waals surface area (Å²) in [4.78, 5) is 26.6. The van der Waals surface area contributed by atoms with E-state index in [9.17, 15) is 18.4 Å². The Morgan fingerprint density at radius 1 is 1.11 bits per heavy atom. The summed E-state index contributed by atoms with van der Waals surface area (Å²) >= 11 is 0. The summed E-state index contributed by atoms with van der Waals surface area (Å²) in [6.45, 7) is 4.70. The number of carbonyl (C=O) groups is 2. The molecule has 1 fully saturated rings. The smallest absolute Gasteiger partial charge is 0.239 e. The van der Waals surface area contributed by atoms with Crippen LogP contribution >= 0.6 is 0 Å². The zero-order chi connectivity index (χ0) is 19.6. The van der Waals surface area contributed by atoms with Crippen LogP contribution < -0.4 is 10.2 Å². The molecule has 0 aromatic heterocycles. The summed E-state index contributed by atoms with van der Waals surface area (Å²) < 4.78 is 26.4. The summed E-state index contributed by atoms with van der Waals surface area (Å²) in [5.41, 5.74) is 3.50. The predicted molar refractivity (Wildman–Crippen MR) is 99.4 cm³/mol. The van der Waals surface area contributed by atoms with Crippen molar-refractivity contribution in [3.63, 3.8) is 0 Å². The molecule has 0 radical (unpaired) electrons. The molecular formula is C21H22F2N2O2. The molecule has 1 heterocycles. The van der Waals surface area contributed by atoms with Crippen LogP contribution in [0.15, 0.2) is 36.4 Å². The van der Waals surface area contributed by atoms with Crippen molar-refractivity contribution in [1.82, 2.24) is 5.32 Å². The van der Waals surface area contributed by atoms with Crippen LogP contribution in [0.2, 0.25) is 0 Å². The van der Waals surface area contributed by atoms with Gasteiger partial charge in [0.2, 0.25) is 11.8 Å². The molecule has 4 nitrogen and oxygen atoms in total. The maximum absolute atomic E-state index is 13.2. The van der Waals surface area contributed by atoms with Crippen molar-refractivity contribution in [2.45, 2.75) is 26.7 Å². The van der Waals surface area contributed by atoms with Crippen LogP contribution in [-0.2, 0) is 16.0 Å². The molecule has 0 spiro atoms. The highest BCUT2D eigenvalue weighted by atomic mass is 19.1. The van der Waals surface area contributed by atoms with E-state index in [0.29, 0.717) is 24.9 Å². The highest BCUT2D eigenvalue weighted by Crippen LogP contribution is 2.27. The molecular weight excluding hydrogens is 350 g/mol. The molecule has 142 valence electrons. The van der Waals surface area contributed by atoms with E-state index in [2.05, 4.69) is 5.32 Å². The van der Waals surface area contributed by atoms with E-state index in [1.54, 1.807) is 4.90 Å². The lowest BCUT2D eigenvalue weighted by Crippen LogP contribution is -2.37. The van der Waals surface area contributed by atoms with Gasteiger partial charge in [0.15, 0.2) is 0 Å². The number of aryl methyl sites for hydroxylation is 2. The maximum Gasteiger partial charge on any atom is 0.239 e. The van der Waals surface area contributed by atoms with Crippen molar-refractivity contribution in [2.75, 3.05) is 18.0 Å². The number of anilines is 1. The Balaban J connectivity index is 1.57. The van der Waals surface area contributed by atoms with Gasteiger partial charge in [-0.15, -0.1) is 0 Å². The largest absolute Gasteiger partial charge is 0.355 e. The average Bonchev–Trinajstić information content (AvgIpc) is 2.98. The summed E-state index contributed by atoms with van der Waals surface area (Å²) in [6.07, 6.45) is 0.744. The molecule has 2 aromatic carbocycles. The molecule has 1 unspecified atom stereocenters. The second kappa shape index (κ2) is 7.86. The van der Waals surface area contributed by atoms with E-state index in [4.69, 9.17) is 0 Å². The fourth-order valence-corrected chi connectivity index (χ4v) is 3.28. The van der Waals surface area contributed by atoms with Gasteiger partial charge in [-0.05, 0) is 67.6 Å². The summed E-state index contributed by atoms with van der Waals surface area (Å²) in [6, 6.07) is 9.07. The number of benzene rings is 2. The Hall–Kier alpha value is -2.76. The topological polar surface area (TPSA) is 49.4 Å². The van der Waals surface area contributed by atoms with Gasteiger partial charge in [0.1, 0.15) is 17.6 Å². The third kappa shape index (κ3) is 4.32. The van der Waals surface area contributed by atoms with E-state index in [1.807, 2.05) is 32.0 Å². The van der Waals surface area contributed by atoms with E-state index in [0.717, 1.165) is 22.9 Å². The molecule has 0 aliphatic carbocycles. The third-order valence-corrected chi connectivity index (χ3v) is 4.96. The van der Waals surface area contributed by atoms with E-state index < -0.39 is 17.6 Å². The van der Waals surface area contributed by atoms with Gasteiger partial charge in [-0.25, -0.2) is 8.78 Å². The Morgan fingerprint density at radius 2 is 1.81 bits per heavy atom. The number of hydrogen-bond donors (Lipinski definition) is 1. The van der Waals surface area contributed by atoms with Crippen LogP contribution in [0.5, 0.6) is 0 Å². The second-order valence-electron chi connectivity index (χ2n) is 6.92. The van der Waals surface area contributed by atoms with Gasteiger partial charge in [-0.2, -0.15) is 0 Å². The van der Waals surface area contributed by atoms with Crippen LogP contribution in [0.25, 0.3) is 0 Å². The number of rotatable bonds is 5. The molecule has 0 saturated carbocycles. The molecule has 2 amide bonds. The van der Waals surface area contributed by atoms with Gasteiger partial charge in [0.05, 0.1) is 0 Å². The molecule has 1 atom stereocenters. The number of hydrogen-bond acceptors (Lipinski definition) is 2. The van der Waals surface area contributed by atoms with Crippen molar-refractivity contribution < 1.29 is 18.4 Å². The first-order valence-corrected chi connectivity index (χ1v) is 8.96. The molecule has 2 aromatic rings. The number of amides is 2. The Bertz CT molecular complexity index is 862. The zero-order valence-electron chi connectivity index (χ0n) is 15.4. The monoisotopic (exact) mass is 372 g/mol. The lowest BCUT2D eigenvalue weighted by molar-refractivity contribution is -0.132. The van der Waals surface area contributed by atoms with E-state index >= 15 is 0 Å². The first-order valence-electron chi connectivity index (χ1n) is 8.96. The van der Waals surface area contributed by atoms with Gasteiger partial charge in [0, 0.05) is 24.8 Å². The maximum atomic E-state index is 13.2. The van der Waals surface area contributed by atoms with Crippen LogP contribution in [0.4, 0.5) is 14.5 Å². The van der Waals surface area contributed by atoms with Crippen LogP contribution in [0.1, 0.15) is 23.1 Å². The first-order chi connectivity index (χ1) is 12.8. The molecule has 0 bridgehead atoms. The van der Waals surface area contributed by atoms with Gasteiger partial charge < -0.3 is 10.2 Å². The SMILES string of the molecule is Cc1ccc(N2CCC(C(=O)NCCc3cc(F)cc(F)c3)C2=O)cc1C. The molecule has 1 N–H and O–H groups in total. The molecule has 27 heavy (non-hydrogen) atoms. The predicted octanol–water partition coefficient (Wildman–Crippen LogP) is 3.29. The minimum absolute atomic E-state index is 0.215. The van der Waals surface area contributed by atoms with Crippen LogP contribution in [0, 0.1) is 31.4 Å². The Labute approximate surface area is 157 Å². The number of nitrogens with zero attached hydrogens (tertiary/aromatic N) is 1. The fourth-order valence-electron chi connectivity index (χ4n) is 3.28. The quantitative estimate of drug-likeness (QED) is 0.819. The standard InChI is InChI=1S/C21H22F2N2O2/c1-13-3-4-18(9-14(13)2)25-8-6-19(21(25)27)20(26)24-7-5-15-10-16(22)12-17(23)11-15/h3-4,9-12,19H,5-8H2,1-2H3,(H,24,26). The van der Waals surface area contributed by atoms with Gasteiger partial charge >= 0.3 is 0 Å². The van der Waals surface area contributed by atoms with Gasteiger partial charge in [-0.1, -0.05) is 6.07 Å².